The number of likely N-dealkylation sites (tertiary alicyclic amines) is 1. The summed E-state index contributed by atoms with van der Waals surface area (Å²) in [6, 6.07) is 9.77. The third kappa shape index (κ3) is 3.75. The van der Waals surface area contributed by atoms with E-state index in [4.69, 9.17) is 4.74 Å². The molecule has 0 saturated carbocycles. The lowest BCUT2D eigenvalue weighted by atomic mass is 9.94. The molecule has 1 aromatic carbocycles. The SMILES string of the molecule is Cn1cncc1CN1CCC[C@H](c2nccnc2Oc2ccccc2)C1. The van der Waals surface area contributed by atoms with Crippen LogP contribution in [-0.4, -0.2) is 37.5 Å². The number of ether oxygens (including phenoxy) is 1. The second-order valence-corrected chi connectivity index (χ2v) is 6.73. The van der Waals surface area contributed by atoms with E-state index < -0.39 is 0 Å². The summed E-state index contributed by atoms with van der Waals surface area (Å²) in [5.41, 5.74) is 2.18. The summed E-state index contributed by atoms with van der Waals surface area (Å²) < 4.78 is 8.10. The molecule has 0 bridgehead atoms. The summed E-state index contributed by atoms with van der Waals surface area (Å²) >= 11 is 0. The van der Waals surface area contributed by atoms with Gasteiger partial charge in [0.05, 0.1) is 12.0 Å². The number of hydrogen-bond donors (Lipinski definition) is 0. The monoisotopic (exact) mass is 349 g/mol. The van der Waals surface area contributed by atoms with E-state index >= 15 is 0 Å². The van der Waals surface area contributed by atoms with Crippen LogP contribution in [0.2, 0.25) is 0 Å². The molecule has 1 fully saturated rings. The summed E-state index contributed by atoms with van der Waals surface area (Å²) in [5.74, 6) is 1.73. The fraction of sp³-hybridized carbons (Fsp3) is 0.350. The first-order chi connectivity index (χ1) is 12.8. The van der Waals surface area contributed by atoms with Crippen molar-refractivity contribution in [2.75, 3.05) is 13.1 Å². The van der Waals surface area contributed by atoms with E-state index in [2.05, 4.69) is 24.4 Å². The Morgan fingerprint density at radius 2 is 2.00 bits per heavy atom. The summed E-state index contributed by atoms with van der Waals surface area (Å²) in [6.07, 6.45) is 9.49. The summed E-state index contributed by atoms with van der Waals surface area (Å²) in [6.45, 7) is 2.95. The Hall–Kier alpha value is -2.73. The topological polar surface area (TPSA) is 56.1 Å². The van der Waals surface area contributed by atoms with Gasteiger partial charge in [-0.25, -0.2) is 9.97 Å². The van der Waals surface area contributed by atoms with Gasteiger partial charge in [0.25, 0.3) is 0 Å². The lowest BCUT2D eigenvalue weighted by Crippen LogP contribution is -2.34. The largest absolute Gasteiger partial charge is 0.437 e. The highest BCUT2D eigenvalue weighted by Gasteiger charge is 2.26. The van der Waals surface area contributed by atoms with Crippen molar-refractivity contribution in [3.63, 3.8) is 0 Å². The predicted molar refractivity (Wildman–Crippen MR) is 99.0 cm³/mol. The van der Waals surface area contributed by atoms with E-state index in [1.807, 2.05) is 49.9 Å². The lowest BCUT2D eigenvalue weighted by Gasteiger charge is -2.32. The van der Waals surface area contributed by atoms with Crippen LogP contribution in [0.4, 0.5) is 0 Å². The molecule has 6 heteroatoms. The minimum atomic E-state index is 0.324. The van der Waals surface area contributed by atoms with Gasteiger partial charge in [0, 0.05) is 44.6 Å². The Kier molecular flexibility index (Phi) is 4.93. The van der Waals surface area contributed by atoms with Crippen molar-refractivity contribution in [1.29, 1.82) is 0 Å². The minimum Gasteiger partial charge on any atom is -0.437 e. The number of piperidine rings is 1. The molecule has 1 aliphatic heterocycles. The van der Waals surface area contributed by atoms with Crippen LogP contribution >= 0.6 is 0 Å². The van der Waals surface area contributed by atoms with E-state index in [-0.39, 0.29) is 0 Å². The van der Waals surface area contributed by atoms with Crippen LogP contribution in [0.1, 0.15) is 30.1 Å². The third-order valence-corrected chi connectivity index (χ3v) is 4.84. The zero-order valence-electron chi connectivity index (χ0n) is 15.0. The van der Waals surface area contributed by atoms with Gasteiger partial charge in [-0.3, -0.25) is 9.88 Å². The van der Waals surface area contributed by atoms with E-state index in [1.54, 1.807) is 12.4 Å². The third-order valence-electron chi connectivity index (χ3n) is 4.84. The molecular formula is C20H23N5O. The molecular weight excluding hydrogens is 326 g/mol. The maximum Gasteiger partial charge on any atom is 0.241 e. The van der Waals surface area contributed by atoms with Crippen molar-refractivity contribution in [1.82, 2.24) is 24.4 Å². The summed E-state index contributed by atoms with van der Waals surface area (Å²) in [4.78, 5) is 15.7. The van der Waals surface area contributed by atoms with Crippen molar-refractivity contribution in [2.24, 2.45) is 7.05 Å². The lowest BCUT2D eigenvalue weighted by molar-refractivity contribution is 0.193. The molecule has 3 aromatic rings. The van der Waals surface area contributed by atoms with Crippen molar-refractivity contribution >= 4 is 0 Å². The summed E-state index contributed by atoms with van der Waals surface area (Å²) in [7, 11) is 2.04. The van der Waals surface area contributed by atoms with Gasteiger partial charge in [0.15, 0.2) is 0 Å². The van der Waals surface area contributed by atoms with E-state index in [1.165, 1.54) is 5.69 Å². The highest BCUT2D eigenvalue weighted by atomic mass is 16.5. The quantitative estimate of drug-likeness (QED) is 0.707. The zero-order valence-corrected chi connectivity index (χ0v) is 15.0. The van der Waals surface area contributed by atoms with Crippen LogP contribution < -0.4 is 4.74 Å². The highest BCUT2D eigenvalue weighted by molar-refractivity contribution is 5.30. The molecule has 3 heterocycles. The number of nitrogens with zero attached hydrogens (tertiary/aromatic N) is 5. The van der Waals surface area contributed by atoms with Gasteiger partial charge in [-0.1, -0.05) is 18.2 Å². The molecule has 134 valence electrons. The van der Waals surface area contributed by atoms with Gasteiger partial charge in [0.1, 0.15) is 11.4 Å². The standard InChI is InChI=1S/C20H23N5O/c1-24-15-21-12-17(24)14-25-11-5-6-16(13-25)19-20(23-10-9-22-19)26-18-7-3-2-4-8-18/h2-4,7-10,12,15-16H,5-6,11,13-14H2,1H3/t16-/m0/s1. The fourth-order valence-electron chi connectivity index (χ4n) is 3.48. The Morgan fingerprint density at radius 3 is 2.81 bits per heavy atom. The molecule has 0 aliphatic carbocycles. The first-order valence-electron chi connectivity index (χ1n) is 9.01. The van der Waals surface area contributed by atoms with E-state index in [0.29, 0.717) is 11.8 Å². The van der Waals surface area contributed by atoms with Gasteiger partial charge in [-0.05, 0) is 31.5 Å². The van der Waals surface area contributed by atoms with E-state index in [0.717, 1.165) is 43.9 Å². The Balaban J connectivity index is 1.51. The number of aryl methyl sites for hydroxylation is 1. The molecule has 26 heavy (non-hydrogen) atoms. The van der Waals surface area contributed by atoms with Gasteiger partial charge < -0.3 is 9.30 Å². The fourth-order valence-corrected chi connectivity index (χ4v) is 3.48. The van der Waals surface area contributed by atoms with E-state index in [9.17, 15) is 0 Å². The maximum atomic E-state index is 6.02. The number of rotatable bonds is 5. The molecule has 1 atom stereocenters. The van der Waals surface area contributed by atoms with Crippen LogP contribution in [0.15, 0.2) is 55.2 Å². The Bertz CT molecular complexity index is 848. The summed E-state index contributed by atoms with van der Waals surface area (Å²) in [5, 5.41) is 0. The van der Waals surface area contributed by atoms with Crippen molar-refractivity contribution in [2.45, 2.75) is 25.3 Å². The second-order valence-electron chi connectivity index (χ2n) is 6.73. The smallest absolute Gasteiger partial charge is 0.241 e. The van der Waals surface area contributed by atoms with Crippen molar-refractivity contribution < 1.29 is 4.74 Å². The predicted octanol–water partition coefficient (Wildman–Crippen LogP) is 3.38. The van der Waals surface area contributed by atoms with Crippen LogP contribution in [0.3, 0.4) is 0 Å². The van der Waals surface area contributed by atoms with Gasteiger partial charge in [-0.2, -0.15) is 0 Å². The second kappa shape index (κ2) is 7.66. The van der Waals surface area contributed by atoms with Crippen LogP contribution in [0, 0.1) is 0 Å². The van der Waals surface area contributed by atoms with Gasteiger partial charge in [-0.15, -0.1) is 0 Å². The number of hydrogen-bond acceptors (Lipinski definition) is 5. The zero-order chi connectivity index (χ0) is 17.8. The molecule has 4 rings (SSSR count). The molecule has 1 aliphatic rings. The molecule has 0 spiro atoms. The molecule has 0 amide bonds. The van der Waals surface area contributed by atoms with Crippen LogP contribution in [0.25, 0.3) is 0 Å². The Morgan fingerprint density at radius 1 is 1.15 bits per heavy atom. The molecule has 0 N–H and O–H groups in total. The normalized spacial score (nSPS) is 18.0. The molecule has 0 unspecified atom stereocenters. The number of para-hydroxylation sites is 1. The van der Waals surface area contributed by atoms with Gasteiger partial charge in [0.2, 0.25) is 5.88 Å². The molecule has 0 radical (unpaired) electrons. The van der Waals surface area contributed by atoms with Gasteiger partial charge >= 0.3 is 0 Å². The number of imidazole rings is 1. The molecule has 6 nitrogen and oxygen atoms in total. The minimum absolute atomic E-state index is 0.324. The Labute approximate surface area is 153 Å². The molecule has 2 aromatic heterocycles. The number of benzene rings is 1. The average molecular weight is 349 g/mol. The number of aromatic nitrogens is 4. The van der Waals surface area contributed by atoms with Crippen molar-refractivity contribution in [3.05, 3.63) is 66.6 Å². The highest BCUT2D eigenvalue weighted by Crippen LogP contribution is 2.32. The first kappa shape index (κ1) is 16.7. The van der Waals surface area contributed by atoms with Crippen molar-refractivity contribution in [3.8, 4) is 11.6 Å². The first-order valence-corrected chi connectivity index (χ1v) is 9.01. The molecule has 1 saturated heterocycles. The van der Waals surface area contributed by atoms with Crippen LogP contribution in [0.5, 0.6) is 11.6 Å². The van der Waals surface area contributed by atoms with Crippen LogP contribution in [-0.2, 0) is 13.6 Å². The maximum absolute atomic E-state index is 6.02. The average Bonchev–Trinajstić information content (AvgIpc) is 3.08.